The molecule has 0 aromatic heterocycles. The average molecular weight is 344 g/mol. The van der Waals surface area contributed by atoms with Crippen LogP contribution in [0.15, 0.2) is 48.5 Å². The van der Waals surface area contributed by atoms with E-state index in [-0.39, 0.29) is 6.04 Å². The summed E-state index contributed by atoms with van der Waals surface area (Å²) in [6.07, 6.45) is 0.928. The summed E-state index contributed by atoms with van der Waals surface area (Å²) >= 11 is 5.43. The highest BCUT2D eigenvalue weighted by Gasteiger charge is 2.11. The Morgan fingerprint density at radius 1 is 1.00 bits per heavy atom. The predicted molar refractivity (Wildman–Crippen MR) is 103 cm³/mol. The van der Waals surface area contributed by atoms with Gasteiger partial charge in [-0.2, -0.15) is 0 Å². The molecule has 0 amide bonds. The average Bonchev–Trinajstić information content (AvgIpc) is 2.62. The molecular formula is C19H24N2O2S. The summed E-state index contributed by atoms with van der Waals surface area (Å²) in [6, 6.07) is 15.9. The zero-order valence-corrected chi connectivity index (χ0v) is 15.2. The van der Waals surface area contributed by atoms with E-state index in [1.165, 1.54) is 5.56 Å². The predicted octanol–water partition coefficient (Wildman–Crippen LogP) is 4.53. The van der Waals surface area contributed by atoms with Crippen molar-refractivity contribution >= 4 is 23.0 Å². The fraction of sp³-hybridized carbons (Fsp3) is 0.316. The molecule has 2 rings (SSSR count). The van der Waals surface area contributed by atoms with Gasteiger partial charge >= 0.3 is 0 Å². The first-order chi connectivity index (χ1) is 11.7. The Labute approximate surface area is 149 Å². The molecule has 0 heterocycles. The van der Waals surface area contributed by atoms with Crippen LogP contribution in [-0.2, 0) is 0 Å². The third-order valence-electron chi connectivity index (χ3n) is 3.65. The number of anilines is 1. The molecule has 24 heavy (non-hydrogen) atoms. The fourth-order valence-electron chi connectivity index (χ4n) is 2.38. The molecule has 0 fully saturated rings. The van der Waals surface area contributed by atoms with Crippen LogP contribution in [0.2, 0.25) is 0 Å². The fourth-order valence-corrected chi connectivity index (χ4v) is 2.64. The number of hydrogen-bond donors (Lipinski definition) is 2. The van der Waals surface area contributed by atoms with Crippen molar-refractivity contribution in [2.45, 2.75) is 26.3 Å². The Kier molecular flexibility index (Phi) is 6.88. The Hall–Kier alpha value is -2.27. The second-order valence-corrected chi connectivity index (χ2v) is 5.70. The molecule has 0 aliphatic heterocycles. The van der Waals surface area contributed by atoms with E-state index >= 15 is 0 Å². The monoisotopic (exact) mass is 344 g/mol. The minimum absolute atomic E-state index is 0.151. The minimum Gasteiger partial charge on any atom is -0.497 e. The number of thiocarbonyl (C=S) groups is 1. The van der Waals surface area contributed by atoms with Crippen molar-refractivity contribution < 1.29 is 9.47 Å². The van der Waals surface area contributed by atoms with Crippen LogP contribution in [0.4, 0.5) is 5.69 Å². The Morgan fingerprint density at radius 3 is 2.17 bits per heavy atom. The van der Waals surface area contributed by atoms with Gasteiger partial charge in [0, 0.05) is 5.69 Å². The highest BCUT2D eigenvalue weighted by Crippen LogP contribution is 2.21. The SMILES string of the molecule is CCOc1ccc(NC(=S)N[C@H](CC)c2ccc(OC)cc2)cc1. The first-order valence-electron chi connectivity index (χ1n) is 8.10. The number of nitrogens with one attached hydrogen (secondary N) is 2. The molecule has 2 aromatic carbocycles. The van der Waals surface area contributed by atoms with Crippen molar-refractivity contribution in [2.24, 2.45) is 0 Å². The van der Waals surface area contributed by atoms with Crippen molar-refractivity contribution in [2.75, 3.05) is 19.0 Å². The summed E-state index contributed by atoms with van der Waals surface area (Å²) in [7, 11) is 1.67. The minimum atomic E-state index is 0.151. The lowest BCUT2D eigenvalue weighted by Crippen LogP contribution is -2.32. The van der Waals surface area contributed by atoms with Gasteiger partial charge in [-0.05, 0) is 67.5 Å². The summed E-state index contributed by atoms with van der Waals surface area (Å²) in [5, 5.41) is 7.16. The van der Waals surface area contributed by atoms with Gasteiger partial charge in [0.05, 0.1) is 19.8 Å². The molecule has 0 saturated carbocycles. The van der Waals surface area contributed by atoms with E-state index < -0.39 is 0 Å². The molecule has 0 saturated heterocycles. The van der Waals surface area contributed by atoms with Gasteiger partial charge in [0.1, 0.15) is 11.5 Å². The van der Waals surface area contributed by atoms with Gasteiger partial charge in [-0.3, -0.25) is 0 Å². The van der Waals surface area contributed by atoms with E-state index in [0.29, 0.717) is 11.7 Å². The van der Waals surface area contributed by atoms with Crippen LogP contribution in [0, 0.1) is 0 Å². The molecule has 0 aliphatic carbocycles. The van der Waals surface area contributed by atoms with Crippen LogP contribution in [0.5, 0.6) is 11.5 Å². The molecule has 0 bridgehead atoms. The molecule has 0 radical (unpaired) electrons. The van der Waals surface area contributed by atoms with Crippen molar-refractivity contribution in [3.05, 3.63) is 54.1 Å². The maximum absolute atomic E-state index is 5.44. The van der Waals surface area contributed by atoms with Gasteiger partial charge in [0.2, 0.25) is 0 Å². The maximum atomic E-state index is 5.44. The molecule has 0 spiro atoms. The van der Waals surface area contributed by atoms with E-state index in [1.54, 1.807) is 7.11 Å². The van der Waals surface area contributed by atoms with Crippen LogP contribution in [0.3, 0.4) is 0 Å². The smallest absolute Gasteiger partial charge is 0.171 e. The third-order valence-corrected chi connectivity index (χ3v) is 3.87. The lowest BCUT2D eigenvalue weighted by Gasteiger charge is -2.20. The number of rotatable bonds is 7. The van der Waals surface area contributed by atoms with E-state index in [2.05, 4.69) is 29.7 Å². The van der Waals surface area contributed by atoms with Crippen LogP contribution >= 0.6 is 12.2 Å². The highest BCUT2D eigenvalue weighted by atomic mass is 32.1. The largest absolute Gasteiger partial charge is 0.497 e. The first kappa shape index (κ1) is 18.1. The maximum Gasteiger partial charge on any atom is 0.171 e. The van der Waals surface area contributed by atoms with Gasteiger partial charge in [0.25, 0.3) is 0 Å². The van der Waals surface area contributed by atoms with Crippen molar-refractivity contribution in [1.82, 2.24) is 5.32 Å². The molecule has 2 aromatic rings. The standard InChI is InChI=1S/C19H24N2O2S/c1-4-18(14-6-10-16(22-3)11-7-14)21-19(24)20-15-8-12-17(13-9-15)23-5-2/h6-13,18H,4-5H2,1-3H3,(H2,20,21,24)/t18-/m1/s1. The second kappa shape index (κ2) is 9.13. The summed E-state index contributed by atoms with van der Waals surface area (Å²) in [4.78, 5) is 0. The van der Waals surface area contributed by atoms with Crippen LogP contribution in [0.25, 0.3) is 0 Å². The van der Waals surface area contributed by atoms with Crippen molar-refractivity contribution in [3.8, 4) is 11.5 Å². The van der Waals surface area contributed by atoms with E-state index in [4.69, 9.17) is 21.7 Å². The molecule has 4 nitrogen and oxygen atoms in total. The first-order valence-corrected chi connectivity index (χ1v) is 8.51. The highest BCUT2D eigenvalue weighted by molar-refractivity contribution is 7.80. The molecule has 5 heteroatoms. The van der Waals surface area contributed by atoms with E-state index in [0.717, 1.165) is 23.6 Å². The Balaban J connectivity index is 1.95. The summed E-state index contributed by atoms with van der Waals surface area (Å²) in [5.41, 5.74) is 2.11. The van der Waals surface area contributed by atoms with Crippen molar-refractivity contribution in [3.63, 3.8) is 0 Å². The lowest BCUT2D eigenvalue weighted by molar-refractivity contribution is 0.340. The second-order valence-electron chi connectivity index (χ2n) is 5.29. The van der Waals surface area contributed by atoms with Gasteiger partial charge in [-0.1, -0.05) is 19.1 Å². The zero-order chi connectivity index (χ0) is 17.4. The molecule has 0 aliphatic rings. The number of ether oxygens (including phenoxy) is 2. The Bertz CT molecular complexity index is 641. The number of methoxy groups -OCH3 is 1. The quantitative estimate of drug-likeness (QED) is 0.722. The third kappa shape index (κ3) is 5.13. The zero-order valence-electron chi connectivity index (χ0n) is 14.3. The molecule has 128 valence electrons. The van der Waals surface area contributed by atoms with Crippen LogP contribution in [-0.4, -0.2) is 18.8 Å². The lowest BCUT2D eigenvalue weighted by atomic mass is 10.0. The van der Waals surface area contributed by atoms with Gasteiger partial charge < -0.3 is 20.1 Å². The van der Waals surface area contributed by atoms with E-state index in [1.807, 2.05) is 43.3 Å². The van der Waals surface area contributed by atoms with E-state index in [9.17, 15) is 0 Å². The summed E-state index contributed by atoms with van der Waals surface area (Å²) in [6.45, 7) is 4.75. The van der Waals surface area contributed by atoms with Crippen LogP contribution < -0.4 is 20.1 Å². The summed E-state index contributed by atoms with van der Waals surface area (Å²) in [5.74, 6) is 1.70. The topological polar surface area (TPSA) is 42.5 Å². The van der Waals surface area contributed by atoms with Crippen LogP contribution in [0.1, 0.15) is 31.9 Å². The summed E-state index contributed by atoms with van der Waals surface area (Å²) < 4.78 is 10.6. The normalized spacial score (nSPS) is 11.5. The number of hydrogen-bond acceptors (Lipinski definition) is 3. The Morgan fingerprint density at radius 2 is 1.62 bits per heavy atom. The molecule has 1 atom stereocenters. The molecule has 0 unspecified atom stereocenters. The van der Waals surface area contributed by atoms with Crippen molar-refractivity contribution in [1.29, 1.82) is 0 Å². The molecule has 2 N–H and O–H groups in total. The van der Waals surface area contributed by atoms with Gasteiger partial charge in [0.15, 0.2) is 5.11 Å². The molecular weight excluding hydrogens is 320 g/mol. The number of benzene rings is 2. The van der Waals surface area contributed by atoms with Gasteiger partial charge in [-0.25, -0.2) is 0 Å². The van der Waals surface area contributed by atoms with Gasteiger partial charge in [-0.15, -0.1) is 0 Å².